The number of nitrogens with zero attached hydrogens (tertiary/aromatic N) is 2. The van der Waals surface area contributed by atoms with Crippen LogP contribution in [0, 0.1) is 5.41 Å². The quantitative estimate of drug-likeness (QED) is 0.376. The second kappa shape index (κ2) is 9.05. The van der Waals surface area contributed by atoms with Gasteiger partial charge in [0.05, 0.1) is 12.1 Å². The third-order valence-electron chi connectivity index (χ3n) is 8.32. The molecule has 0 N–H and O–H groups in total. The van der Waals surface area contributed by atoms with Crippen molar-refractivity contribution in [3.05, 3.63) is 60.6 Å². The van der Waals surface area contributed by atoms with Crippen LogP contribution in [0.3, 0.4) is 0 Å². The second-order valence-corrected chi connectivity index (χ2v) is 10.3. The maximum atomic E-state index is 13.4. The van der Waals surface area contributed by atoms with Crippen LogP contribution in [0.25, 0.3) is 0 Å². The number of aryl methyl sites for hydroxylation is 1. The summed E-state index contributed by atoms with van der Waals surface area (Å²) >= 11 is 0. The molecule has 4 aliphatic rings. The predicted molar refractivity (Wildman–Crippen MR) is 128 cm³/mol. The highest BCUT2D eigenvalue weighted by molar-refractivity contribution is 5.78. The number of piperidine rings is 1. The first-order valence-corrected chi connectivity index (χ1v) is 12.7. The molecule has 2 saturated heterocycles. The number of amides is 1. The van der Waals surface area contributed by atoms with Crippen LogP contribution in [0.4, 0.5) is 0 Å². The lowest BCUT2D eigenvalue weighted by Gasteiger charge is -2.45. The zero-order valence-corrected chi connectivity index (χ0v) is 19.4. The van der Waals surface area contributed by atoms with Crippen molar-refractivity contribution < 1.29 is 9.21 Å². The highest BCUT2D eigenvalue weighted by Crippen LogP contribution is 2.67. The smallest absolute Gasteiger partial charge is 0.223 e. The molecule has 4 atom stereocenters. The fourth-order valence-electron chi connectivity index (χ4n) is 6.99. The topological polar surface area (TPSA) is 36.7 Å². The molecule has 1 aliphatic carbocycles. The number of allylic oxidation sites excluding steroid dienone is 3. The number of furan rings is 1. The summed E-state index contributed by atoms with van der Waals surface area (Å²) in [6.07, 6.45) is 18.8. The van der Waals surface area contributed by atoms with E-state index >= 15 is 0 Å². The lowest BCUT2D eigenvalue weighted by Crippen LogP contribution is -2.48. The van der Waals surface area contributed by atoms with E-state index in [0.29, 0.717) is 18.2 Å². The Hall–Kier alpha value is -2.07. The average molecular weight is 435 g/mol. The highest BCUT2D eigenvalue weighted by Gasteiger charge is 2.65. The highest BCUT2D eigenvalue weighted by atomic mass is 16.3. The van der Waals surface area contributed by atoms with Gasteiger partial charge in [0.1, 0.15) is 11.5 Å². The first-order valence-electron chi connectivity index (χ1n) is 12.7. The van der Waals surface area contributed by atoms with Gasteiger partial charge < -0.3 is 14.2 Å². The lowest BCUT2D eigenvalue weighted by molar-refractivity contribution is -0.135. The van der Waals surface area contributed by atoms with Gasteiger partial charge in [-0.25, -0.2) is 0 Å². The minimum absolute atomic E-state index is 0.0937. The fraction of sp³-hybridized carbons (Fsp3) is 0.607. The normalized spacial score (nSPS) is 32.4. The third kappa shape index (κ3) is 3.61. The first-order chi connectivity index (χ1) is 15.7. The molecule has 5 rings (SSSR count). The number of rotatable bonds is 8. The average Bonchev–Trinajstić information content (AvgIpc) is 3.39. The van der Waals surface area contributed by atoms with Crippen LogP contribution in [0.2, 0.25) is 0 Å². The molecule has 4 heterocycles. The Morgan fingerprint density at radius 2 is 2.09 bits per heavy atom. The second-order valence-electron chi connectivity index (χ2n) is 10.3. The van der Waals surface area contributed by atoms with Crippen molar-refractivity contribution in [3.63, 3.8) is 0 Å². The van der Waals surface area contributed by atoms with Crippen LogP contribution < -0.4 is 0 Å². The summed E-state index contributed by atoms with van der Waals surface area (Å²) in [5, 5.41) is 0. The molecule has 172 valence electrons. The van der Waals surface area contributed by atoms with Gasteiger partial charge in [-0.05, 0) is 82.0 Å². The van der Waals surface area contributed by atoms with E-state index in [4.69, 9.17) is 4.42 Å². The summed E-state index contributed by atoms with van der Waals surface area (Å²) in [6, 6.07) is 2.63. The molecular weight excluding hydrogens is 396 g/mol. The molecule has 0 unspecified atom stereocenters. The van der Waals surface area contributed by atoms with E-state index < -0.39 is 0 Å². The molecule has 1 aromatic heterocycles. The molecule has 4 nitrogen and oxygen atoms in total. The van der Waals surface area contributed by atoms with Crippen molar-refractivity contribution in [2.24, 2.45) is 5.41 Å². The number of likely N-dealkylation sites (tertiary alicyclic amines) is 1. The standard InChI is InChI=1S/C28H38N2O2/c1-3-5-7-11-16-29-17-15-24-23-18-22(13-6-4-2)32-26(23)27-28(24,20-29)19-21-12-9-8-10-14-25(31)30(21)27/h3-4,9,12,18,21,24,27H,1-2,5-8,10-11,13-17,19-20H2/b12-9-/t21-,24-,27-,28-/m0/s1. The summed E-state index contributed by atoms with van der Waals surface area (Å²) in [7, 11) is 0. The molecular formula is C28H38N2O2. The van der Waals surface area contributed by atoms with E-state index in [1.54, 1.807) is 0 Å². The lowest BCUT2D eigenvalue weighted by atomic mass is 9.68. The van der Waals surface area contributed by atoms with E-state index in [-0.39, 0.29) is 17.5 Å². The van der Waals surface area contributed by atoms with Crippen molar-refractivity contribution in [1.82, 2.24) is 9.80 Å². The van der Waals surface area contributed by atoms with E-state index in [2.05, 4.69) is 41.2 Å². The summed E-state index contributed by atoms with van der Waals surface area (Å²) in [6.45, 7) is 11.1. The number of carbonyl (C=O) groups is 1. The number of carbonyl (C=O) groups excluding carboxylic acids is 1. The Morgan fingerprint density at radius 1 is 1.22 bits per heavy atom. The maximum absolute atomic E-state index is 13.4. The number of hydrogen-bond acceptors (Lipinski definition) is 3. The van der Waals surface area contributed by atoms with E-state index in [1.807, 2.05) is 12.2 Å². The Balaban J connectivity index is 1.48. The van der Waals surface area contributed by atoms with Gasteiger partial charge in [-0.15, -0.1) is 13.2 Å². The van der Waals surface area contributed by atoms with Crippen LogP contribution in [-0.2, 0) is 11.2 Å². The molecule has 3 aliphatic heterocycles. The van der Waals surface area contributed by atoms with Gasteiger partial charge in [-0.3, -0.25) is 4.79 Å². The number of unbranched alkanes of at least 4 members (excludes halogenated alkanes) is 2. The Kier molecular flexibility index (Phi) is 6.16. The largest absolute Gasteiger partial charge is 0.464 e. The summed E-state index contributed by atoms with van der Waals surface area (Å²) in [4.78, 5) is 18.3. The van der Waals surface area contributed by atoms with E-state index in [1.165, 1.54) is 24.8 Å². The molecule has 2 fully saturated rings. The summed E-state index contributed by atoms with van der Waals surface area (Å²) in [5.74, 6) is 2.99. The summed E-state index contributed by atoms with van der Waals surface area (Å²) in [5.41, 5.74) is 1.49. The van der Waals surface area contributed by atoms with Crippen LogP contribution in [0.15, 0.2) is 47.9 Å². The van der Waals surface area contributed by atoms with Crippen molar-refractivity contribution in [3.8, 4) is 0 Å². The monoisotopic (exact) mass is 434 g/mol. The van der Waals surface area contributed by atoms with Gasteiger partial charge in [0.2, 0.25) is 5.91 Å². The van der Waals surface area contributed by atoms with Crippen molar-refractivity contribution in [2.45, 2.75) is 82.2 Å². The maximum Gasteiger partial charge on any atom is 0.223 e. The van der Waals surface area contributed by atoms with Gasteiger partial charge in [0, 0.05) is 24.8 Å². The van der Waals surface area contributed by atoms with Gasteiger partial charge >= 0.3 is 0 Å². The molecule has 1 amide bonds. The van der Waals surface area contributed by atoms with Crippen molar-refractivity contribution in [2.75, 3.05) is 19.6 Å². The van der Waals surface area contributed by atoms with Gasteiger partial charge in [-0.2, -0.15) is 0 Å². The van der Waals surface area contributed by atoms with Crippen LogP contribution >= 0.6 is 0 Å². The minimum atomic E-state index is 0.0937. The Labute approximate surface area is 193 Å². The molecule has 0 aromatic carbocycles. The number of fused-ring (bicyclic) bond motifs is 5. The molecule has 0 bridgehead atoms. The molecule has 4 heteroatoms. The van der Waals surface area contributed by atoms with Crippen LogP contribution in [-0.4, -0.2) is 41.4 Å². The van der Waals surface area contributed by atoms with Crippen molar-refractivity contribution in [1.29, 1.82) is 0 Å². The van der Waals surface area contributed by atoms with Gasteiger partial charge in [0.25, 0.3) is 0 Å². The van der Waals surface area contributed by atoms with E-state index in [0.717, 1.165) is 69.7 Å². The Bertz CT molecular complexity index is 899. The molecule has 0 radical (unpaired) electrons. The molecule has 1 spiro atoms. The molecule has 1 aromatic rings. The van der Waals surface area contributed by atoms with Crippen LogP contribution in [0.5, 0.6) is 0 Å². The van der Waals surface area contributed by atoms with Crippen LogP contribution in [0.1, 0.15) is 86.8 Å². The fourth-order valence-corrected chi connectivity index (χ4v) is 6.99. The third-order valence-corrected chi connectivity index (χ3v) is 8.32. The molecule has 32 heavy (non-hydrogen) atoms. The first kappa shape index (κ1) is 21.8. The van der Waals surface area contributed by atoms with Crippen molar-refractivity contribution >= 4 is 5.91 Å². The Morgan fingerprint density at radius 3 is 2.94 bits per heavy atom. The minimum Gasteiger partial charge on any atom is -0.464 e. The number of hydrogen-bond donors (Lipinski definition) is 0. The zero-order chi connectivity index (χ0) is 22.1. The predicted octanol–water partition coefficient (Wildman–Crippen LogP) is 5.93. The zero-order valence-electron chi connectivity index (χ0n) is 19.4. The SMILES string of the molecule is C=CCCCCN1CC[C@H]2c3cc(CCC=C)oc3[C@@H]3N4C(=O)CCC/C=C\[C@H]4C[C@@]32C1. The molecule has 0 saturated carbocycles. The summed E-state index contributed by atoms with van der Waals surface area (Å²) < 4.78 is 6.55. The van der Waals surface area contributed by atoms with E-state index in [9.17, 15) is 4.79 Å². The van der Waals surface area contributed by atoms with Gasteiger partial charge in [-0.1, -0.05) is 24.3 Å². The van der Waals surface area contributed by atoms with Gasteiger partial charge in [0.15, 0.2) is 0 Å².